The van der Waals surface area contributed by atoms with Crippen LogP contribution in [0.2, 0.25) is 0 Å². The van der Waals surface area contributed by atoms with Crippen LogP contribution in [0.4, 0.5) is 5.82 Å². The van der Waals surface area contributed by atoms with Crippen LogP contribution in [-0.2, 0) is 55.0 Å². The summed E-state index contributed by atoms with van der Waals surface area (Å²) in [5.41, 5.74) is 52.4. The number of carbonyl (C=O) groups is 4. The van der Waals surface area contributed by atoms with Gasteiger partial charge in [0.25, 0.3) is 0 Å². The van der Waals surface area contributed by atoms with Crippen molar-refractivity contribution in [2.24, 2.45) is 5.41 Å². The Morgan fingerprint density at radius 1 is 0.765 bits per heavy atom. The average molecular weight is 1160 g/mol. The molecule has 2 amide bonds. The molecule has 0 radical (unpaired) electrons. The number of aryl methyl sites for hydroxylation is 2. The highest BCUT2D eigenvalue weighted by Crippen LogP contribution is 2.59. The molecule has 18 nitrogen and oxygen atoms in total. The average Bonchev–Trinajstić information content (AvgIpc) is 4.08. The number of hydrogen-bond acceptors (Lipinski definition) is 15. The molecule has 2 aliphatic rings. The number of rotatable bonds is 22. The lowest BCUT2D eigenvalue weighted by atomic mass is 10.0. The highest BCUT2D eigenvalue weighted by molar-refractivity contribution is 9.10. The van der Waals surface area contributed by atoms with Crippen molar-refractivity contribution >= 4 is 63.9 Å². The van der Waals surface area contributed by atoms with Gasteiger partial charge in [-0.05, 0) is 175 Å². The summed E-state index contributed by atoms with van der Waals surface area (Å²) < 4.78 is 43.2. The van der Waals surface area contributed by atoms with Crippen LogP contribution < -0.4 is 5.32 Å². The van der Waals surface area contributed by atoms with Gasteiger partial charge in [-0.15, -0.1) is 0 Å². The lowest BCUT2D eigenvalue weighted by Crippen LogP contribution is -2.47. The van der Waals surface area contributed by atoms with Gasteiger partial charge < -0.3 is 19.7 Å². The van der Waals surface area contributed by atoms with Crippen LogP contribution in [0.15, 0.2) is 181 Å². The molecule has 6 rings (SSSR count). The molecule has 3 atom stereocenters. The van der Waals surface area contributed by atoms with Crippen molar-refractivity contribution in [2.45, 2.75) is 78.9 Å². The molecule has 1 saturated heterocycles. The molecule has 20 heteroatoms. The minimum atomic E-state index is -4.37. The predicted molar refractivity (Wildman–Crippen MR) is 296 cm³/mol. The normalized spacial score (nSPS) is 15.2. The summed E-state index contributed by atoms with van der Waals surface area (Å²) in [6.45, 7) is 13.5. The van der Waals surface area contributed by atoms with Crippen LogP contribution >= 0.6 is 23.8 Å². The lowest BCUT2D eigenvalue weighted by molar-refractivity contribution is -0.138. The number of carbonyl (C=O) groups excluding carboxylic acids is 4. The number of phosphoric ester groups is 1. The van der Waals surface area contributed by atoms with Crippen molar-refractivity contribution in [3.05, 3.63) is 198 Å². The molecule has 1 aliphatic heterocycles. The highest BCUT2D eigenvalue weighted by atomic mass is 79.9. The van der Waals surface area contributed by atoms with Gasteiger partial charge in [-0.1, -0.05) is 24.5 Å². The zero-order valence-electron chi connectivity index (χ0n) is 44.6. The lowest BCUT2D eigenvalue weighted by Gasteiger charge is -2.27. The number of halogens is 1. The zero-order valence-corrected chi connectivity index (χ0v) is 47.1. The van der Waals surface area contributed by atoms with Gasteiger partial charge in [0.05, 0.1) is 30.6 Å². The third-order valence-electron chi connectivity index (χ3n) is 11.6. The second kappa shape index (κ2) is 30.0. The highest BCUT2D eigenvalue weighted by Gasteiger charge is 2.64. The number of ether oxygens (including phenoxy) is 2. The van der Waals surface area contributed by atoms with Crippen LogP contribution in [0.5, 0.6) is 0 Å². The van der Waals surface area contributed by atoms with Crippen LogP contribution in [-0.4, -0.2) is 103 Å². The second-order valence-corrected chi connectivity index (χ2v) is 20.0. The summed E-state index contributed by atoms with van der Waals surface area (Å²) in [5.74, 6) is -0.150. The molecule has 0 unspecified atom stereocenters. The summed E-state index contributed by atoms with van der Waals surface area (Å²) in [6, 6.07) is 4.45. The molecule has 1 aliphatic carbocycles. The number of Topliss-reactive ketones (excluding diaryl/α,β-unsaturated/α-hetero) is 2. The Bertz CT molecular complexity index is 3970. The summed E-state index contributed by atoms with van der Waals surface area (Å²) in [4.78, 5) is 73.3. The molecule has 404 valence electrons. The Hall–Kier alpha value is -9.60. The van der Waals surface area contributed by atoms with E-state index in [1.807, 2.05) is 13.0 Å². The molecule has 0 aromatic carbocycles. The molecule has 0 spiro atoms. The number of nitrogens with one attached hydrogen (secondary N) is 1. The van der Waals surface area contributed by atoms with E-state index in [1.54, 1.807) is 30.9 Å². The zero-order chi connectivity index (χ0) is 58.2. The summed E-state index contributed by atoms with van der Waals surface area (Å²) in [5, 5.41) is 7.91. The van der Waals surface area contributed by atoms with Crippen molar-refractivity contribution in [1.29, 1.82) is 0 Å². The molecular formula is C61H48BrN8O10P. The Labute approximate surface area is 474 Å². The topological polar surface area (TPSA) is 216 Å². The van der Waals surface area contributed by atoms with Gasteiger partial charge >= 0.3 is 7.82 Å². The quantitative estimate of drug-likeness (QED) is 0.0194. The first-order valence-corrected chi connectivity index (χ1v) is 26.8. The van der Waals surface area contributed by atoms with Crippen molar-refractivity contribution in [2.75, 3.05) is 38.4 Å². The van der Waals surface area contributed by atoms with E-state index in [0.29, 0.717) is 44.8 Å². The van der Waals surface area contributed by atoms with E-state index in [2.05, 4.69) is 181 Å². The number of nitrogens with zero attached hydrogens (tertiary/aromatic N) is 7. The fourth-order valence-corrected chi connectivity index (χ4v) is 9.11. The molecule has 1 saturated carbocycles. The maximum atomic E-state index is 14.1. The molecule has 5 heterocycles. The monoisotopic (exact) mass is 1160 g/mol. The van der Waals surface area contributed by atoms with E-state index >= 15 is 0 Å². The number of aromatic nitrogens is 6. The Morgan fingerprint density at radius 2 is 1.33 bits per heavy atom. The third-order valence-corrected chi connectivity index (χ3v) is 13.5. The number of anilines is 1. The van der Waals surface area contributed by atoms with Crippen molar-refractivity contribution in [3.8, 4) is 11.3 Å². The Kier molecular flexibility index (Phi) is 22.4. The maximum Gasteiger partial charge on any atom is 0.475 e. The minimum Gasteiger partial charge on any atom is -0.487 e. The van der Waals surface area contributed by atoms with Crippen LogP contribution in [0, 0.1) is 12.3 Å². The summed E-state index contributed by atoms with van der Waals surface area (Å²) >= 11 is 3.35. The van der Waals surface area contributed by atoms with Gasteiger partial charge in [-0.25, -0.2) is 19.5 Å². The van der Waals surface area contributed by atoms with Crippen LogP contribution in [0.25, 0.3) is 22.2 Å². The minimum absolute atomic E-state index is 0.0958. The summed E-state index contributed by atoms with van der Waals surface area (Å²) in [6.07, 6.45) is 5.84. The fraction of sp³-hybridized carbons (Fsp3) is 0.295. The van der Waals surface area contributed by atoms with Crippen molar-refractivity contribution in [3.63, 3.8) is 0 Å². The van der Waals surface area contributed by atoms with Gasteiger partial charge in [0.1, 0.15) is 65.9 Å². The number of hydrogen-bond donors (Lipinski definition) is 1. The molecule has 0 bridgehead atoms. The van der Waals surface area contributed by atoms with Gasteiger partial charge in [0.2, 0.25) is 11.8 Å². The number of phosphoric acid groups is 1. The number of piperidine rings is 1. The second-order valence-electron chi connectivity index (χ2n) is 17.6. The first-order chi connectivity index (χ1) is 39.0. The van der Waals surface area contributed by atoms with Crippen molar-refractivity contribution in [1.82, 2.24) is 34.6 Å². The van der Waals surface area contributed by atoms with E-state index in [0.717, 1.165) is 12.0 Å². The van der Waals surface area contributed by atoms with E-state index in [9.17, 15) is 23.7 Å². The van der Waals surface area contributed by atoms with Crippen LogP contribution in [0.3, 0.4) is 0 Å². The van der Waals surface area contributed by atoms with Gasteiger partial charge in [0.15, 0.2) is 11.6 Å². The molecule has 81 heavy (non-hydrogen) atoms. The van der Waals surface area contributed by atoms with Gasteiger partial charge in [-0.2, -0.15) is 5.10 Å². The van der Waals surface area contributed by atoms with E-state index in [-0.39, 0.29) is 92.1 Å². The molecule has 1 N–H and O–H groups in total. The Morgan fingerprint density at radius 3 is 1.90 bits per heavy atom. The largest absolute Gasteiger partial charge is 0.487 e. The standard InChI is InChI=1S/C61H48BrN8O10P/c1-8-10-12-14-16-18-20-22-24-26-45(4)76-32-34-78-81(75,79-35-33-77-46(5)27-25-23-21-19-17-15-13-11-9-2)80-43-49(72)29-31-56-64-39-48(40-65-56)51-36-50-53(41-63-51)69(68-58(50)47(6)71)42-57(73)70-52(37-61(7)38-54(61)70)60(74)67-59-44(3)28-30-55(62)66-59/h28,30,36,39-41,52,54H,1-2,29,31-35,37-38,42-43H2,3-7H3,(H,66,67,74)/t52-,54+,61-/m0/s1. The Balaban J connectivity index is 1.08. The number of ketones is 2. The van der Waals surface area contributed by atoms with Gasteiger partial charge in [0, 0.05) is 63.0 Å². The molecular weight excluding hydrogens is 1120 g/mol. The molecule has 2 fully saturated rings. The number of likely N-dealkylation sites (tertiary alicyclic amines) is 1. The SMILES string of the molecule is C=C=C=C=C=C=C=C=C=C=C=C(C)OCCOP(=O)(OCCOC(C)=C=C=C=C=C=C=C=C=C=C=C)OCC(=O)CCc1ncc(-c2cc3c(C(C)=O)nn(CC(=O)N4[C@H](C(=O)Nc5nc(Br)ccc5C)C[C@@]5(C)C[C@@H]45)c3cn2)cn1. The number of amides is 2. The van der Waals surface area contributed by atoms with Crippen LogP contribution in [0.1, 0.15) is 68.8 Å². The first kappa shape index (κ1) is 60.6. The third kappa shape index (κ3) is 18.5. The fourth-order valence-electron chi connectivity index (χ4n) is 7.68. The number of fused-ring (bicyclic) bond motifs is 2. The molecule has 4 aromatic rings. The molecule has 4 aromatic heterocycles. The maximum absolute atomic E-state index is 14.1. The number of pyridine rings is 2. The van der Waals surface area contributed by atoms with Gasteiger partial charge in [-0.3, -0.25) is 42.4 Å². The van der Waals surface area contributed by atoms with E-state index < -0.39 is 26.3 Å². The van der Waals surface area contributed by atoms with Crippen molar-refractivity contribution < 1.29 is 46.8 Å². The van der Waals surface area contributed by atoms with E-state index in [1.165, 1.54) is 30.2 Å². The predicted octanol–water partition coefficient (Wildman–Crippen LogP) is 9.44. The number of allylic oxidation sites excluding steroid dienone is 2. The first-order valence-electron chi connectivity index (χ1n) is 24.5. The summed E-state index contributed by atoms with van der Waals surface area (Å²) in [7, 11) is -4.37. The smallest absolute Gasteiger partial charge is 0.475 e. The van der Waals surface area contributed by atoms with E-state index in [4.69, 9.17) is 23.0 Å².